The van der Waals surface area contributed by atoms with Crippen molar-refractivity contribution in [1.29, 1.82) is 0 Å². The number of carbonyl (C=O) groups excluding carboxylic acids is 3. The molecule has 0 heterocycles. The standard InChI is InChI=1S/C76H132O6/c1-4-7-10-13-16-19-22-24-26-28-30-32-34-36-37-38-39-41-42-44-46-48-50-52-54-57-60-63-66-69-75(78)81-72-73(71-80-74(77)68-65-62-59-56-21-18-15-12-9-6-3)82-76(79)70-67-64-61-58-55-53-51-49-47-45-43-40-35-33-31-29-27-25-23-20-17-14-11-8-5-2/h7,10,12,15-16,19,24,26,29-32,36-37,39,41,73H,4-6,8-9,11,13-14,17-18,20-23,25,27-28,33-35,38,40,42-72H2,1-3H3/b10-7-,15-12-,19-16-,26-24-,31-29-,32-30-,37-36-,41-39-. The Morgan fingerprint density at radius 1 is 0.256 bits per heavy atom. The maximum absolute atomic E-state index is 12.9. The van der Waals surface area contributed by atoms with Crippen molar-refractivity contribution in [3.63, 3.8) is 0 Å². The highest BCUT2D eigenvalue weighted by Crippen LogP contribution is 2.17. The van der Waals surface area contributed by atoms with Crippen LogP contribution < -0.4 is 0 Å². The third-order valence-corrected chi connectivity index (χ3v) is 15.3. The molecule has 0 N–H and O–H groups in total. The quantitative estimate of drug-likeness (QED) is 0.0261. The first kappa shape index (κ1) is 78.3. The SMILES string of the molecule is CC/C=C\C/C=C\C/C=C\C/C=C\C/C=C\C/C=C\CCCCCCCCCCCCC(=O)OCC(COC(=O)CCCCCCC/C=C\CCC)OC(=O)CCCCCCCCCCCCCCC/C=C\CCCCCCCCCC. The van der Waals surface area contributed by atoms with E-state index < -0.39 is 6.10 Å². The van der Waals surface area contributed by atoms with Crippen LogP contribution in [-0.4, -0.2) is 37.2 Å². The van der Waals surface area contributed by atoms with E-state index in [2.05, 4.69) is 118 Å². The summed E-state index contributed by atoms with van der Waals surface area (Å²) in [5.74, 6) is -0.881. The van der Waals surface area contributed by atoms with Crippen LogP contribution in [0.15, 0.2) is 97.2 Å². The van der Waals surface area contributed by atoms with E-state index in [9.17, 15) is 14.4 Å². The molecule has 0 aliphatic rings. The van der Waals surface area contributed by atoms with E-state index in [-0.39, 0.29) is 31.1 Å². The maximum Gasteiger partial charge on any atom is 0.306 e. The summed E-state index contributed by atoms with van der Waals surface area (Å²) in [5, 5.41) is 0. The van der Waals surface area contributed by atoms with Gasteiger partial charge in [-0.1, -0.05) is 311 Å². The molecule has 6 nitrogen and oxygen atoms in total. The van der Waals surface area contributed by atoms with Gasteiger partial charge in [0.25, 0.3) is 0 Å². The number of ether oxygens (including phenoxy) is 3. The predicted octanol–water partition coefficient (Wildman–Crippen LogP) is 24.4. The molecular weight excluding hydrogens is 1010 g/mol. The lowest BCUT2D eigenvalue weighted by Crippen LogP contribution is -2.30. The van der Waals surface area contributed by atoms with Crippen LogP contribution in [0.2, 0.25) is 0 Å². The Hall–Kier alpha value is -3.67. The van der Waals surface area contributed by atoms with Gasteiger partial charge in [-0.3, -0.25) is 14.4 Å². The summed E-state index contributed by atoms with van der Waals surface area (Å²) < 4.78 is 16.9. The van der Waals surface area contributed by atoms with Gasteiger partial charge in [-0.15, -0.1) is 0 Å². The fourth-order valence-electron chi connectivity index (χ4n) is 10.0. The lowest BCUT2D eigenvalue weighted by molar-refractivity contribution is -0.167. The molecular formula is C76H132O6. The monoisotopic (exact) mass is 1140 g/mol. The molecule has 0 saturated carbocycles. The summed E-state index contributed by atoms with van der Waals surface area (Å²) in [6, 6.07) is 0. The average Bonchev–Trinajstić information content (AvgIpc) is 3.48. The fraction of sp³-hybridized carbons (Fsp3) is 0.750. The molecule has 1 unspecified atom stereocenters. The zero-order chi connectivity index (χ0) is 59.2. The van der Waals surface area contributed by atoms with E-state index in [1.165, 1.54) is 199 Å². The Labute approximate surface area is 508 Å². The summed E-state index contributed by atoms with van der Waals surface area (Å²) in [6.07, 6.45) is 94.4. The summed E-state index contributed by atoms with van der Waals surface area (Å²) >= 11 is 0. The molecule has 0 aromatic carbocycles. The molecule has 1 atom stereocenters. The molecule has 82 heavy (non-hydrogen) atoms. The minimum Gasteiger partial charge on any atom is -0.462 e. The smallest absolute Gasteiger partial charge is 0.306 e. The van der Waals surface area contributed by atoms with Crippen molar-refractivity contribution in [2.45, 2.75) is 354 Å². The van der Waals surface area contributed by atoms with Crippen molar-refractivity contribution in [1.82, 2.24) is 0 Å². The number of rotatable bonds is 64. The van der Waals surface area contributed by atoms with Crippen molar-refractivity contribution in [2.75, 3.05) is 13.2 Å². The summed E-state index contributed by atoms with van der Waals surface area (Å²) in [5.41, 5.74) is 0. The Kier molecular flexibility index (Phi) is 66.7. The number of hydrogen-bond donors (Lipinski definition) is 0. The molecule has 0 aromatic heterocycles. The number of carbonyl (C=O) groups is 3. The molecule has 6 heteroatoms. The van der Waals surface area contributed by atoms with Gasteiger partial charge in [0, 0.05) is 19.3 Å². The second kappa shape index (κ2) is 69.8. The van der Waals surface area contributed by atoms with Gasteiger partial charge in [0.2, 0.25) is 0 Å². The van der Waals surface area contributed by atoms with Crippen LogP contribution in [-0.2, 0) is 28.6 Å². The first-order valence-corrected chi connectivity index (χ1v) is 35.2. The van der Waals surface area contributed by atoms with E-state index in [0.717, 1.165) is 109 Å². The molecule has 0 bridgehead atoms. The largest absolute Gasteiger partial charge is 0.462 e. The Bertz CT molecular complexity index is 1590. The van der Waals surface area contributed by atoms with Crippen LogP contribution >= 0.6 is 0 Å². The number of unbranched alkanes of at least 4 members (excludes halogenated alkanes) is 37. The van der Waals surface area contributed by atoms with Gasteiger partial charge < -0.3 is 14.2 Å². The van der Waals surface area contributed by atoms with Crippen molar-refractivity contribution in [3.05, 3.63) is 97.2 Å². The zero-order valence-electron chi connectivity index (χ0n) is 54.2. The maximum atomic E-state index is 12.9. The first-order valence-electron chi connectivity index (χ1n) is 35.2. The highest BCUT2D eigenvalue weighted by Gasteiger charge is 2.19. The Morgan fingerprint density at radius 2 is 0.500 bits per heavy atom. The number of esters is 3. The summed E-state index contributed by atoms with van der Waals surface area (Å²) in [4.78, 5) is 38.3. The van der Waals surface area contributed by atoms with Gasteiger partial charge in [0.1, 0.15) is 13.2 Å². The van der Waals surface area contributed by atoms with Crippen molar-refractivity contribution < 1.29 is 28.6 Å². The van der Waals surface area contributed by atoms with Crippen LogP contribution in [0, 0.1) is 0 Å². The molecule has 472 valence electrons. The van der Waals surface area contributed by atoms with E-state index in [1.807, 2.05) is 0 Å². The second-order valence-corrected chi connectivity index (χ2v) is 23.4. The van der Waals surface area contributed by atoms with E-state index >= 15 is 0 Å². The van der Waals surface area contributed by atoms with Crippen LogP contribution in [0.4, 0.5) is 0 Å². The van der Waals surface area contributed by atoms with E-state index in [0.29, 0.717) is 19.3 Å². The van der Waals surface area contributed by atoms with Crippen LogP contribution in [0.1, 0.15) is 348 Å². The Morgan fingerprint density at radius 3 is 0.805 bits per heavy atom. The minimum atomic E-state index is -0.783. The minimum absolute atomic E-state index is 0.0803. The van der Waals surface area contributed by atoms with Gasteiger partial charge >= 0.3 is 17.9 Å². The molecule has 0 amide bonds. The molecule has 0 spiro atoms. The number of allylic oxidation sites excluding steroid dienone is 16. The highest BCUT2D eigenvalue weighted by atomic mass is 16.6. The van der Waals surface area contributed by atoms with Crippen molar-refractivity contribution >= 4 is 17.9 Å². The topological polar surface area (TPSA) is 78.9 Å². The van der Waals surface area contributed by atoms with Gasteiger partial charge in [-0.2, -0.15) is 0 Å². The lowest BCUT2D eigenvalue weighted by Gasteiger charge is -2.18. The first-order chi connectivity index (χ1) is 40.5. The van der Waals surface area contributed by atoms with Crippen molar-refractivity contribution in [3.8, 4) is 0 Å². The number of hydrogen-bond acceptors (Lipinski definition) is 6. The van der Waals surface area contributed by atoms with Crippen LogP contribution in [0.5, 0.6) is 0 Å². The molecule has 0 fully saturated rings. The predicted molar refractivity (Wildman–Crippen MR) is 357 cm³/mol. The van der Waals surface area contributed by atoms with Gasteiger partial charge in [-0.05, 0) is 116 Å². The highest BCUT2D eigenvalue weighted by molar-refractivity contribution is 5.71. The summed E-state index contributed by atoms with van der Waals surface area (Å²) in [6.45, 7) is 6.49. The average molecular weight is 1140 g/mol. The van der Waals surface area contributed by atoms with Gasteiger partial charge in [0.05, 0.1) is 0 Å². The molecule has 0 radical (unpaired) electrons. The molecule has 0 aliphatic heterocycles. The second-order valence-electron chi connectivity index (χ2n) is 23.4. The Balaban J connectivity index is 4.20. The molecule has 0 rings (SSSR count). The van der Waals surface area contributed by atoms with Gasteiger partial charge in [0.15, 0.2) is 6.10 Å². The van der Waals surface area contributed by atoms with E-state index in [4.69, 9.17) is 14.2 Å². The molecule has 0 saturated heterocycles. The summed E-state index contributed by atoms with van der Waals surface area (Å²) in [7, 11) is 0. The third kappa shape index (κ3) is 67.1. The molecule has 0 aromatic rings. The molecule has 0 aliphatic carbocycles. The van der Waals surface area contributed by atoms with E-state index in [1.54, 1.807) is 0 Å². The van der Waals surface area contributed by atoms with Crippen LogP contribution in [0.25, 0.3) is 0 Å². The van der Waals surface area contributed by atoms with Crippen molar-refractivity contribution in [2.24, 2.45) is 0 Å². The lowest BCUT2D eigenvalue weighted by atomic mass is 10.0. The third-order valence-electron chi connectivity index (χ3n) is 15.3. The van der Waals surface area contributed by atoms with Gasteiger partial charge in [-0.25, -0.2) is 0 Å². The normalized spacial score (nSPS) is 12.7. The zero-order valence-corrected chi connectivity index (χ0v) is 54.2. The fourth-order valence-corrected chi connectivity index (χ4v) is 10.0. The van der Waals surface area contributed by atoms with Crippen LogP contribution in [0.3, 0.4) is 0 Å².